The summed E-state index contributed by atoms with van der Waals surface area (Å²) >= 11 is 1.31. The maximum atomic E-state index is 14.4. The van der Waals surface area contributed by atoms with Crippen molar-refractivity contribution < 1.29 is 9.18 Å². The minimum Gasteiger partial charge on any atom is -0.326 e. The summed E-state index contributed by atoms with van der Waals surface area (Å²) in [4.78, 5) is 27.8. The fourth-order valence-electron chi connectivity index (χ4n) is 3.98. The number of carbonyl (C=O) groups excluding carboxylic acids is 1. The van der Waals surface area contributed by atoms with Gasteiger partial charge in [-0.15, -0.1) is 11.3 Å². The minimum absolute atomic E-state index is 0.0422. The fraction of sp³-hybridized carbons (Fsp3) is 0.350. The third kappa shape index (κ3) is 3.55. The van der Waals surface area contributed by atoms with Gasteiger partial charge in [0, 0.05) is 41.9 Å². The number of aromatic amines is 1. The number of nitrogens with zero attached hydrogens (tertiary/aromatic N) is 6. The van der Waals surface area contributed by atoms with Crippen molar-refractivity contribution in [2.45, 2.75) is 37.4 Å². The molecule has 0 bridgehead atoms. The summed E-state index contributed by atoms with van der Waals surface area (Å²) in [6.07, 6.45) is 4.70. The van der Waals surface area contributed by atoms with Crippen LogP contribution in [0.1, 0.15) is 30.9 Å². The summed E-state index contributed by atoms with van der Waals surface area (Å²) in [6, 6.07) is 4.94. The molecule has 10 nitrogen and oxygen atoms in total. The summed E-state index contributed by atoms with van der Waals surface area (Å²) in [6.45, 7) is 0.0422. The SMILES string of the molecule is O=C(Nc1nccs1)C1CC(F)CN1c1nc(Nc2cc(C3CC3)[nH]n2)n2cccc2n1. The Bertz CT molecular complexity index is 1270. The average Bonchev–Trinajstić information content (AvgIpc) is 3.21. The predicted octanol–water partition coefficient (Wildman–Crippen LogP) is 3.09. The molecule has 2 fully saturated rings. The second-order valence-corrected chi connectivity index (χ2v) is 8.91. The van der Waals surface area contributed by atoms with E-state index in [-0.39, 0.29) is 24.8 Å². The van der Waals surface area contributed by atoms with Crippen LogP contribution in [0.2, 0.25) is 0 Å². The van der Waals surface area contributed by atoms with E-state index in [1.54, 1.807) is 20.9 Å². The van der Waals surface area contributed by atoms with Crippen molar-refractivity contribution in [3.63, 3.8) is 0 Å². The minimum atomic E-state index is -1.16. The van der Waals surface area contributed by atoms with E-state index in [2.05, 4.69) is 35.8 Å². The van der Waals surface area contributed by atoms with Crippen LogP contribution in [0.3, 0.4) is 0 Å². The number of H-pyrrole nitrogens is 1. The van der Waals surface area contributed by atoms with Crippen molar-refractivity contribution in [1.82, 2.24) is 29.5 Å². The molecule has 2 aliphatic rings. The van der Waals surface area contributed by atoms with E-state index in [1.807, 2.05) is 24.4 Å². The Morgan fingerprint density at radius 3 is 3.03 bits per heavy atom. The van der Waals surface area contributed by atoms with Crippen LogP contribution in [0, 0.1) is 0 Å². The number of rotatable bonds is 6. The molecule has 1 saturated carbocycles. The first-order chi connectivity index (χ1) is 15.6. The normalized spacial score (nSPS) is 20.7. The van der Waals surface area contributed by atoms with Gasteiger partial charge in [-0.2, -0.15) is 15.1 Å². The molecule has 12 heteroatoms. The zero-order chi connectivity index (χ0) is 21.7. The lowest BCUT2D eigenvalue weighted by Gasteiger charge is -2.23. The number of hydrogen-bond acceptors (Lipinski definition) is 8. The number of anilines is 4. The van der Waals surface area contributed by atoms with Crippen molar-refractivity contribution >= 4 is 45.7 Å². The highest BCUT2D eigenvalue weighted by Crippen LogP contribution is 2.39. The van der Waals surface area contributed by atoms with Crippen molar-refractivity contribution in [2.75, 3.05) is 22.1 Å². The number of nitrogens with one attached hydrogen (secondary N) is 3. The largest absolute Gasteiger partial charge is 0.326 e. The third-order valence-electron chi connectivity index (χ3n) is 5.70. The number of thiazole rings is 1. The maximum Gasteiger partial charge on any atom is 0.249 e. The van der Waals surface area contributed by atoms with Gasteiger partial charge in [0.15, 0.2) is 10.9 Å². The zero-order valence-corrected chi connectivity index (χ0v) is 17.7. The first-order valence-electron chi connectivity index (χ1n) is 10.4. The number of halogens is 1. The van der Waals surface area contributed by atoms with Gasteiger partial charge < -0.3 is 15.5 Å². The van der Waals surface area contributed by atoms with Crippen molar-refractivity contribution in [2.24, 2.45) is 0 Å². The van der Waals surface area contributed by atoms with Crippen LogP contribution >= 0.6 is 11.3 Å². The second kappa shape index (κ2) is 7.55. The van der Waals surface area contributed by atoms with Crippen molar-refractivity contribution in [1.29, 1.82) is 0 Å². The molecule has 32 heavy (non-hydrogen) atoms. The van der Waals surface area contributed by atoms with Gasteiger partial charge in [0.25, 0.3) is 0 Å². The van der Waals surface area contributed by atoms with E-state index in [4.69, 9.17) is 0 Å². The Kier molecular flexibility index (Phi) is 4.52. The van der Waals surface area contributed by atoms with Gasteiger partial charge in [0.1, 0.15) is 17.9 Å². The predicted molar refractivity (Wildman–Crippen MR) is 118 cm³/mol. The molecule has 2 atom stereocenters. The van der Waals surface area contributed by atoms with E-state index in [1.165, 1.54) is 24.2 Å². The summed E-state index contributed by atoms with van der Waals surface area (Å²) in [5.41, 5.74) is 1.74. The lowest BCUT2D eigenvalue weighted by atomic mass is 10.2. The van der Waals surface area contributed by atoms with Crippen LogP contribution in [-0.4, -0.2) is 54.2 Å². The number of alkyl halides is 1. The third-order valence-corrected chi connectivity index (χ3v) is 6.39. The van der Waals surface area contributed by atoms with E-state index in [9.17, 15) is 9.18 Å². The molecule has 1 amide bonds. The highest BCUT2D eigenvalue weighted by Gasteiger charge is 2.39. The van der Waals surface area contributed by atoms with Crippen LogP contribution in [0.4, 0.5) is 27.2 Å². The monoisotopic (exact) mass is 453 g/mol. The molecule has 4 aromatic rings. The molecular formula is C20H20FN9OS. The average molecular weight is 454 g/mol. The van der Waals surface area contributed by atoms with Gasteiger partial charge in [-0.05, 0) is 25.0 Å². The van der Waals surface area contributed by atoms with Crippen molar-refractivity contribution in [3.05, 3.63) is 41.7 Å². The molecule has 3 N–H and O–H groups in total. The molecule has 164 valence electrons. The molecule has 4 aromatic heterocycles. The number of carbonyl (C=O) groups is 1. The van der Waals surface area contributed by atoms with Crippen molar-refractivity contribution in [3.8, 4) is 0 Å². The maximum absolute atomic E-state index is 14.4. The molecule has 0 radical (unpaired) electrons. The van der Waals surface area contributed by atoms with Crippen LogP contribution in [-0.2, 0) is 4.79 Å². The molecular weight excluding hydrogens is 433 g/mol. The highest BCUT2D eigenvalue weighted by atomic mass is 32.1. The lowest BCUT2D eigenvalue weighted by Crippen LogP contribution is -2.40. The zero-order valence-electron chi connectivity index (χ0n) is 16.9. The Morgan fingerprint density at radius 2 is 2.22 bits per heavy atom. The molecule has 1 saturated heterocycles. The number of aromatic nitrogens is 6. The van der Waals surface area contributed by atoms with Gasteiger partial charge >= 0.3 is 0 Å². The first-order valence-corrected chi connectivity index (χ1v) is 11.3. The first kappa shape index (κ1) is 19.2. The number of amides is 1. The molecule has 5 heterocycles. The summed E-state index contributed by atoms with van der Waals surface area (Å²) < 4.78 is 16.2. The second-order valence-electron chi connectivity index (χ2n) is 8.02. The molecule has 1 aliphatic heterocycles. The smallest absolute Gasteiger partial charge is 0.249 e. The fourth-order valence-corrected chi connectivity index (χ4v) is 4.51. The summed E-state index contributed by atoms with van der Waals surface area (Å²) in [5.74, 6) is 1.65. The van der Waals surface area contributed by atoms with Gasteiger partial charge in [0.05, 0.1) is 6.54 Å². The van der Waals surface area contributed by atoms with E-state index >= 15 is 0 Å². The number of fused-ring (bicyclic) bond motifs is 1. The van der Waals surface area contributed by atoms with E-state index in [0.29, 0.717) is 28.5 Å². The van der Waals surface area contributed by atoms with Gasteiger partial charge in [-0.3, -0.25) is 14.3 Å². The Labute approximate surface area is 185 Å². The van der Waals surface area contributed by atoms with Crippen LogP contribution < -0.4 is 15.5 Å². The Balaban J connectivity index is 1.31. The summed E-state index contributed by atoms with van der Waals surface area (Å²) in [5, 5.41) is 15.6. The lowest BCUT2D eigenvalue weighted by molar-refractivity contribution is -0.117. The molecule has 2 unspecified atom stereocenters. The van der Waals surface area contributed by atoms with Crippen LogP contribution in [0.5, 0.6) is 0 Å². The Hall–Kier alpha value is -3.54. The molecule has 0 aromatic carbocycles. The van der Waals surface area contributed by atoms with Crippen LogP contribution in [0.25, 0.3) is 5.65 Å². The van der Waals surface area contributed by atoms with Gasteiger partial charge in [0.2, 0.25) is 17.8 Å². The quantitative estimate of drug-likeness (QED) is 0.411. The van der Waals surface area contributed by atoms with Crippen LogP contribution in [0.15, 0.2) is 36.0 Å². The van der Waals surface area contributed by atoms with E-state index < -0.39 is 12.2 Å². The highest BCUT2D eigenvalue weighted by molar-refractivity contribution is 7.13. The van der Waals surface area contributed by atoms with Gasteiger partial charge in [-0.1, -0.05) is 0 Å². The van der Waals surface area contributed by atoms with Gasteiger partial charge in [-0.25, -0.2) is 9.37 Å². The molecule has 6 rings (SSSR count). The molecule has 0 spiro atoms. The topological polar surface area (TPSA) is 116 Å². The Morgan fingerprint density at radius 1 is 1.31 bits per heavy atom. The summed E-state index contributed by atoms with van der Waals surface area (Å²) in [7, 11) is 0. The molecule has 1 aliphatic carbocycles. The standard InChI is InChI=1S/C20H20FN9OS/c21-12-8-14(17(31)25-20-22-5-7-32-20)30(10-12)19-24-16-2-1-6-29(16)18(26-19)23-15-9-13(27-28-15)11-3-4-11/h1-2,5-7,9,11-12,14H,3-4,8,10H2,(H,22,25,31)(H2,23,24,26,27,28). The number of hydrogen-bond donors (Lipinski definition) is 3. The van der Waals surface area contributed by atoms with E-state index in [0.717, 1.165) is 5.69 Å².